The molecule has 0 atom stereocenters. The van der Waals surface area contributed by atoms with Crippen LogP contribution in [0, 0.1) is 25.7 Å². The van der Waals surface area contributed by atoms with Gasteiger partial charge in [-0.25, -0.2) is 0 Å². The molecular formula is C42H48HfSi-2. The fraction of sp³-hybridized carbons (Fsp3) is 0.286. The molecule has 6 aromatic rings. The summed E-state index contributed by atoms with van der Waals surface area (Å²) in [7, 11) is 1.08. The fourth-order valence-corrected chi connectivity index (χ4v) is 5.99. The van der Waals surface area contributed by atoms with Crippen LogP contribution in [-0.4, -0.2) is 9.52 Å². The van der Waals surface area contributed by atoms with E-state index < -0.39 is 0 Å². The molecular weight excluding hydrogens is 711 g/mol. The van der Waals surface area contributed by atoms with Crippen LogP contribution in [0.5, 0.6) is 0 Å². The van der Waals surface area contributed by atoms with Gasteiger partial charge >= 0.3 is 0 Å². The van der Waals surface area contributed by atoms with Crippen molar-refractivity contribution in [2.24, 2.45) is 11.8 Å². The van der Waals surface area contributed by atoms with Gasteiger partial charge in [0.05, 0.1) is 0 Å². The second kappa shape index (κ2) is 17.0. The molecule has 0 aliphatic rings. The van der Waals surface area contributed by atoms with Gasteiger partial charge in [-0.3, -0.25) is 0 Å². The van der Waals surface area contributed by atoms with Crippen molar-refractivity contribution in [3.05, 3.63) is 131 Å². The van der Waals surface area contributed by atoms with Crippen LogP contribution in [0.2, 0.25) is 13.1 Å². The first kappa shape index (κ1) is 35.7. The minimum Gasteiger partial charge on any atom is -0.164 e. The Morgan fingerprint density at radius 1 is 0.523 bits per heavy atom. The summed E-state index contributed by atoms with van der Waals surface area (Å²) in [6, 6.07) is 40.0. The molecule has 0 bridgehead atoms. The van der Waals surface area contributed by atoms with Crippen molar-refractivity contribution < 1.29 is 25.8 Å². The van der Waals surface area contributed by atoms with Crippen LogP contribution in [0.25, 0.3) is 43.8 Å². The molecule has 2 radical (unpaired) electrons. The zero-order chi connectivity index (χ0) is 30.9. The zero-order valence-corrected chi connectivity index (χ0v) is 32.6. The van der Waals surface area contributed by atoms with Crippen LogP contribution < -0.4 is 0 Å². The minimum absolute atomic E-state index is 0. The third-order valence-corrected chi connectivity index (χ3v) is 7.78. The first-order valence-electron chi connectivity index (χ1n) is 15.8. The summed E-state index contributed by atoms with van der Waals surface area (Å²) in [6.07, 6.45) is 2.31. The second-order valence-electron chi connectivity index (χ2n) is 12.7. The Kier molecular flexibility index (Phi) is 13.8. The maximum absolute atomic E-state index is 2.37. The summed E-state index contributed by atoms with van der Waals surface area (Å²) < 4.78 is 0. The number of hydrogen-bond acceptors (Lipinski definition) is 0. The molecule has 2 heteroatoms. The number of aryl methyl sites for hydroxylation is 2. The molecule has 6 aromatic carbocycles. The molecule has 0 spiro atoms. The molecule has 0 aliphatic carbocycles. The van der Waals surface area contributed by atoms with Gasteiger partial charge in [-0.2, -0.15) is 12.1 Å². The number of rotatable bonds is 6. The molecule has 226 valence electrons. The van der Waals surface area contributed by atoms with E-state index in [0.29, 0.717) is 11.8 Å². The SMILES string of the molecule is C[Si]C.Cc1ccccc1-c1cccc2[cH-]c(CC(C)C)cc12.Cc1ccccc1-c1cccc2[cH-]c(CC(C)C)cc12.[Hf]. The second-order valence-corrected chi connectivity index (χ2v) is 13.7. The summed E-state index contributed by atoms with van der Waals surface area (Å²) in [6.45, 7) is 17.8. The fourth-order valence-electron chi connectivity index (χ4n) is 5.99. The average molecular weight is 759 g/mol. The van der Waals surface area contributed by atoms with Crippen molar-refractivity contribution in [1.29, 1.82) is 0 Å². The molecule has 44 heavy (non-hydrogen) atoms. The molecule has 0 aromatic heterocycles. The van der Waals surface area contributed by atoms with Gasteiger partial charge < -0.3 is 0 Å². The molecule has 0 fully saturated rings. The van der Waals surface area contributed by atoms with E-state index in [1.807, 2.05) is 0 Å². The first-order valence-corrected chi connectivity index (χ1v) is 17.8. The van der Waals surface area contributed by atoms with E-state index in [9.17, 15) is 0 Å². The molecule has 0 aliphatic heterocycles. The third kappa shape index (κ3) is 9.11. The van der Waals surface area contributed by atoms with Gasteiger partial charge in [0.15, 0.2) is 0 Å². The van der Waals surface area contributed by atoms with E-state index >= 15 is 0 Å². The van der Waals surface area contributed by atoms with Crippen LogP contribution in [0.3, 0.4) is 0 Å². The van der Waals surface area contributed by atoms with Crippen molar-refractivity contribution in [2.75, 3.05) is 0 Å². The van der Waals surface area contributed by atoms with Gasteiger partial charge in [0.2, 0.25) is 0 Å². The normalized spacial score (nSPS) is 10.8. The van der Waals surface area contributed by atoms with E-state index in [2.05, 4.69) is 164 Å². The molecule has 0 unspecified atom stereocenters. The Morgan fingerprint density at radius 2 is 0.864 bits per heavy atom. The molecule has 0 N–H and O–H groups in total. The Morgan fingerprint density at radius 3 is 1.20 bits per heavy atom. The molecule has 0 saturated carbocycles. The standard InChI is InChI=1S/2C20H21.C2H6Si.Hf/c2*1-14(2)11-16-12-17-8-6-10-19(20(17)13-16)18-9-5-4-7-15(18)3;1-3-2;/h2*4-10,12-14H,11H2,1-3H3;1-2H3;/q2*-1;;. The molecule has 0 saturated heterocycles. The monoisotopic (exact) mass is 760 g/mol. The smallest absolute Gasteiger partial charge is 0.0307 e. The minimum atomic E-state index is 0. The molecule has 0 nitrogen and oxygen atoms in total. The third-order valence-electron chi connectivity index (χ3n) is 7.78. The van der Waals surface area contributed by atoms with Crippen LogP contribution in [-0.2, 0) is 38.7 Å². The first-order chi connectivity index (χ1) is 20.7. The van der Waals surface area contributed by atoms with E-state index in [4.69, 9.17) is 0 Å². The average Bonchev–Trinajstić information content (AvgIpc) is 3.56. The Hall–Kier alpha value is -2.81. The van der Waals surface area contributed by atoms with E-state index in [0.717, 1.165) is 22.4 Å². The predicted octanol–water partition coefficient (Wildman–Crippen LogP) is 12.2. The van der Waals surface area contributed by atoms with E-state index in [1.54, 1.807) is 0 Å². The van der Waals surface area contributed by atoms with Gasteiger partial charge in [0.25, 0.3) is 0 Å². The van der Waals surface area contributed by atoms with Gasteiger partial charge in [0, 0.05) is 35.4 Å². The van der Waals surface area contributed by atoms with Crippen molar-refractivity contribution in [1.82, 2.24) is 0 Å². The van der Waals surface area contributed by atoms with Gasteiger partial charge in [0.1, 0.15) is 0 Å². The van der Waals surface area contributed by atoms with Crippen molar-refractivity contribution in [3.8, 4) is 22.3 Å². The van der Waals surface area contributed by atoms with Crippen LogP contribution >= 0.6 is 0 Å². The molecule has 0 heterocycles. The van der Waals surface area contributed by atoms with E-state index in [-0.39, 0.29) is 25.8 Å². The maximum atomic E-state index is 2.37. The predicted molar refractivity (Wildman–Crippen MR) is 194 cm³/mol. The van der Waals surface area contributed by atoms with Gasteiger partial charge in [-0.1, -0.05) is 113 Å². The summed E-state index contributed by atoms with van der Waals surface area (Å²) in [5.41, 5.74) is 11.0. The zero-order valence-electron chi connectivity index (χ0n) is 28.0. The van der Waals surface area contributed by atoms with Crippen LogP contribution in [0.15, 0.2) is 109 Å². The Labute approximate surface area is 288 Å². The molecule has 0 amide bonds. The topological polar surface area (TPSA) is 0 Å². The number of fused-ring (bicyclic) bond motifs is 2. The molecule has 6 rings (SSSR count). The van der Waals surface area contributed by atoms with Crippen molar-refractivity contribution in [3.63, 3.8) is 0 Å². The number of hydrogen-bond donors (Lipinski definition) is 0. The van der Waals surface area contributed by atoms with Gasteiger partial charge in [-0.05, 0) is 60.8 Å². The summed E-state index contributed by atoms with van der Waals surface area (Å²) in [4.78, 5) is 0. The van der Waals surface area contributed by atoms with E-state index in [1.165, 1.54) is 66.1 Å². The summed E-state index contributed by atoms with van der Waals surface area (Å²) >= 11 is 0. The Bertz CT molecular complexity index is 1620. The van der Waals surface area contributed by atoms with Crippen molar-refractivity contribution >= 4 is 31.1 Å². The quantitative estimate of drug-likeness (QED) is 0.117. The number of benzene rings is 4. The Balaban J connectivity index is 0.000000216. The summed E-state index contributed by atoms with van der Waals surface area (Å²) in [5, 5.41) is 5.50. The largest absolute Gasteiger partial charge is 0.164 e. The van der Waals surface area contributed by atoms with Gasteiger partial charge in [-0.15, -0.1) is 69.1 Å². The maximum Gasteiger partial charge on any atom is 0.0307 e. The van der Waals surface area contributed by atoms with Crippen LogP contribution in [0.4, 0.5) is 0 Å². The van der Waals surface area contributed by atoms with Crippen molar-refractivity contribution in [2.45, 2.75) is 67.5 Å². The van der Waals surface area contributed by atoms with Crippen LogP contribution in [0.1, 0.15) is 49.9 Å². The summed E-state index contributed by atoms with van der Waals surface area (Å²) in [5.74, 6) is 1.41.